The van der Waals surface area contributed by atoms with Gasteiger partial charge in [0.1, 0.15) is 22.3 Å². The summed E-state index contributed by atoms with van der Waals surface area (Å²) < 4.78 is 15.3. The Morgan fingerprint density at radius 3 is 1.63 bits per heavy atom. The highest BCUT2D eigenvalue weighted by Gasteiger charge is 2.20. The van der Waals surface area contributed by atoms with Crippen molar-refractivity contribution >= 4 is 75.4 Å². The number of benzene rings is 8. The first kappa shape index (κ1) is 31.9. The molecule has 0 radical (unpaired) electrons. The van der Waals surface area contributed by atoms with Gasteiger partial charge in [-0.25, -0.2) is 15.0 Å². The van der Waals surface area contributed by atoms with Gasteiger partial charge in [-0.05, 0) is 47.0 Å². The standard InChI is InChI=1S/C51H29N3O2S/c1-3-13-30(14-4-1)49-52-50(31-15-5-2-6-16-31)54-51(53-49)40-24-11-23-38-37-22-9-18-33(47(37)57-48(38)40)32-27-28-43-41(29-32)36-21-10-20-35(46(36)56-43)34-19-12-26-44-45(34)39-17-7-8-25-42(39)55-44/h1-29H. The van der Waals surface area contributed by atoms with Crippen LogP contribution in [-0.4, -0.2) is 15.0 Å². The van der Waals surface area contributed by atoms with E-state index < -0.39 is 0 Å². The Bertz CT molecular complexity index is 3470. The molecule has 12 rings (SSSR count). The minimum atomic E-state index is 0.650. The molecule has 6 heteroatoms. The highest BCUT2D eigenvalue weighted by Crippen LogP contribution is 2.46. The van der Waals surface area contributed by atoms with E-state index in [0.29, 0.717) is 17.5 Å². The lowest BCUT2D eigenvalue weighted by Crippen LogP contribution is -2.00. The van der Waals surface area contributed by atoms with Gasteiger partial charge in [0.25, 0.3) is 0 Å². The Morgan fingerprint density at radius 2 is 0.877 bits per heavy atom. The number of hydrogen-bond acceptors (Lipinski definition) is 6. The highest BCUT2D eigenvalue weighted by atomic mass is 32.1. The van der Waals surface area contributed by atoms with Crippen molar-refractivity contribution in [2.24, 2.45) is 0 Å². The molecule has 4 aromatic heterocycles. The molecule has 0 unspecified atom stereocenters. The molecule has 0 aliphatic heterocycles. The number of aromatic nitrogens is 3. The summed E-state index contributed by atoms with van der Waals surface area (Å²) in [4.78, 5) is 15.1. The number of para-hydroxylation sites is 2. The average molecular weight is 748 g/mol. The van der Waals surface area contributed by atoms with Crippen LogP contribution in [0.25, 0.3) is 120 Å². The van der Waals surface area contributed by atoms with Crippen LogP contribution in [0.4, 0.5) is 0 Å². The summed E-state index contributed by atoms with van der Waals surface area (Å²) in [6.07, 6.45) is 0. The van der Waals surface area contributed by atoms with Crippen molar-refractivity contribution in [2.75, 3.05) is 0 Å². The molecule has 8 aromatic carbocycles. The zero-order valence-electron chi connectivity index (χ0n) is 30.3. The zero-order valence-corrected chi connectivity index (χ0v) is 31.1. The fourth-order valence-corrected chi connectivity index (χ4v) is 9.68. The van der Waals surface area contributed by atoms with Gasteiger partial charge in [-0.1, -0.05) is 146 Å². The van der Waals surface area contributed by atoms with E-state index in [2.05, 4.69) is 97.1 Å². The van der Waals surface area contributed by atoms with Crippen LogP contribution >= 0.6 is 11.3 Å². The number of thiophene rings is 1. The second-order valence-electron chi connectivity index (χ2n) is 14.3. The first-order valence-electron chi connectivity index (χ1n) is 18.9. The molecule has 12 aromatic rings. The first-order valence-corrected chi connectivity index (χ1v) is 19.7. The Hall–Kier alpha value is -7.41. The molecule has 0 spiro atoms. The van der Waals surface area contributed by atoms with Gasteiger partial charge in [-0.3, -0.25) is 0 Å². The molecule has 4 heterocycles. The third-order valence-corrected chi connectivity index (χ3v) is 12.3. The monoisotopic (exact) mass is 747 g/mol. The Kier molecular flexibility index (Phi) is 7.03. The Morgan fingerprint density at radius 1 is 0.333 bits per heavy atom. The van der Waals surface area contributed by atoms with Gasteiger partial charge >= 0.3 is 0 Å². The predicted molar refractivity (Wildman–Crippen MR) is 234 cm³/mol. The summed E-state index contributed by atoms with van der Waals surface area (Å²) in [7, 11) is 0. The molecule has 5 nitrogen and oxygen atoms in total. The lowest BCUT2D eigenvalue weighted by atomic mass is 9.97. The molecule has 0 fully saturated rings. The fraction of sp³-hybridized carbons (Fsp3) is 0. The summed E-state index contributed by atoms with van der Waals surface area (Å²) in [6, 6.07) is 60.8. The van der Waals surface area contributed by atoms with Gasteiger partial charge < -0.3 is 8.83 Å². The third kappa shape index (κ3) is 5.04. The molecule has 266 valence electrons. The van der Waals surface area contributed by atoms with Crippen LogP contribution in [0.15, 0.2) is 185 Å². The average Bonchev–Trinajstić information content (AvgIpc) is 3.98. The molecular formula is C51H29N3O2S. The van der Waals surface area contributed by atoms with Crippen LogP contribution in [0.5, 0.6) is 0 Å². The number of fused-ring (bicyclic) bond motifs is 9. The van der Waals surface area contributed by atoms with Crippen LogP contribution in [-0.2, 0) is 0 Å². The van der Waals surface area contributed by atoms with Crippen molar-refractivity contribution in [1.82, 2.24) is 15.0 Å². The summed E-state index contributed by atoms with van der Waals surface area (Å²) in [5.74, 6) is 1.95. The SMILES string of the molecule is c1ccc(-c2nc(-c3ccccc3)nc(-c3cccc4c3sc3c(-c5ccc6oc7c(-c8cccc9oc%10ccccc%10c89)cccc7c6c5)cccc34)n2)cc1. The normalized spacial score (nSPS) is 11.9. The molecular weight excluding hydrogens is 719 g/mol. The van der Waals surface area contributed by atoms with E-state index in [4.69, 9.17) is 23.8 Å². The van der Waals surface area contributed by atoms with E-state index in [1.54, 1.807) is 11.3 Å². The van der Waals surface area contributed by atoms with E-state index >= 15 is 0 Å². The summed E-state index contributed by atoms with van der Waals surface area (Å²) >= 11 is 1.79. The highest BCUT2D eigenvalue weighted by molar-refractivity contribution is 7.26. The van der Waals surface area contributed by atoms with Crippen molar-refractivity contribution in [3.63, 3.8) is 0 Å². The van der Waals surface area contributed by atoms with E-state index in [1.165, 1.54) is 21.0 Å². The van der Waals surface area contributed by atoms with E-state index in [0.717, 1.165) is 82.0 Å². The third-order valence-electron chi connectivity index (χ3n) is 11.0. The van der Waals surface area contributed by atoms with Gasteiger partial charge in [0.05, 0.1) is 0 Å². The molecule has 0 aliphatic rings. The number of furan rings is 2. The first-order chi connectivity index (χ1) is 28.2. The molecule has 0 aliphatic carbocycles. The summed E-state index contributed by atoms with van der Waals surface area (Å²) in [6.45, 7) is 0. The molecule has 0 saturated heterocycles. The lowest BCUT2D eigenvalue weighted by Gasteiger charge is -2.09. The maximum Gasteiger partial charge on any atom is 0.165 e. The minimum absolute atomic E-state index is 0.650. The van der Waals surface area contributed by atoms with Crippen LogP contribution < -0.4 is 0 Å². The second kappa shape index (κ2) is 12.6. The zero-order chi connectivity index (χ0) is 37.5. The fourth-order valence-electron chi connectivity index (χ4n) is 8.33. The number of hydrogen-bond donors (Lipinski definition) is 0. The van der Waals surface area contributed by atoms with Crippen LogP contribution in [0, 0.1) is 0 Å². The van der Waals surface area contributed by atoms with Crippen LogP contribution in [0.3, 0.4) is 0 Å². The van der Waals surface area contributed by atoms with Gasteiger partial charge in [0.15, 0.2) is 17.5 Å². The summed E-state index contributed by atoms with van der Waals surface area (Å²) in [5, 5.41) is 6.74. The van der Waals surface area contributed by atoms with Crippen molar-refractivity contribution in [1.29, 1.82) is 0 Å². The lowest BCUT2D eigenvalue weighted by molar-refractivity contribution is 0.668. The van der Waals surface area contributed by atoms with E-state index in [-0.39, 0.29) is 0 Å². The van der Waals surface area contributed by atoms with Crippen molar-refractivity contribution < 1.29 is 8.83 Å². The van der Waals surface area contributed by atoms with Crippen LogP contribution in [0.1, 0.15) is 0 Å². The predicted octanol–water partition coefficient (Wildman–Crippen LogP) is 14.4. The molecule has 0 N–H and O–H groups in total. The number of nitrogens with zero attached hydrogens (tertiary/aromatic N) is 3. The quantitative estimate of drug-likeness (QED) is 0.175. The largest absolute Gasteiger partial charge is 0.456 e. The van der Waals surface area contributed by atoms with Gasteiger partial charge in [-0.15, -0.1) is 11.3 Å². The van der Waals surface area contributed by atoms with E-state index in [1.807, 2.05) is 78.9 Å². The number of rotatable bonds is 5. The molecule has 0 bridgehead atoms. The van der Waals surface area contributed by atoms with Gasteiger partial charge in [-0.2, -0.15) is 0 Å². The molecule has 0 atom stereocenters. The van der Waals surface area contributed by atoms with Crippen molar-refractivity contribution in [3.05, 3.63) is 176 Å². The Balaban J connectivity index is 1.02. The molecule has 57 heavy (non-hydrogen) atoms. The van der Waals surface area contributed by atoms with Crippen LogP contribution in [0.2, 0.25) is 0 Å². The Labute approximate surface area is 330 Å². The maximum atomic E-state index is 6.70. The minimum Gasteiger partial charge on any atom is -0.456 e. The molecule has 0 saturated carbocycles. The van der Waals surface area contributed by atoms with Crippen molar-refractivity contribution in [3.8, 4) is 56.4 Å². The van der Waals surface area contributed by atoms with Crippen molar-refractivity contribution in [2.45, 2.75) is 0 Å². The topological polar surface area (TPSA) is 65.0 Å². The van der Waals surface area contributed by atoms with E-state index in [9.17, 15) is 0 Å². The smallest absolute Gasteiger partial charge is 0.165 e. The summed E-state index contributed by atoms with van der Waals surface area (Å²) in [5.41, 5.74) is 10.8. The van der Waals surface area contributed by atoms with Gasteiger partial charge in [0.2, 0.25) is 0 Å². The molecule has 0 amide bonds. The second-order valence-corrected chi connectivity index (χ2v) is 15.3. The van der Waals surface area contributed by atoms with Gasteiger partial charge in [0, 0.05) is 64.0 Å². The maximum absolute atomic E-state index is 6.70.